The molecular formula is C18H19BrO4. The predicted octanol–water partition coefficient (Wildman–Crippen LogP) is 4.34. The number of hydrogen-bond acceptors (Lipinski definition) is 4. The summed E-state index contributed by atoms with van der Waals surface area (Å²) in [6.07, 6.45) is 0.771. The molecule has 0 unspecified atom stereocenters. The Kier molecular flexibility index (Phi) is 6.04. The van der Waals surface area contributed by atoms with Gasteiger partial charge in [-0.3, -0.25) is 4.79 Å². The maximum atomic E-state index is 10.8. The van der Waals surface area contributed by atoms with Gasteiger partial charge in [-0.1, -0.05) is 6.07 Å². The number of halogens is 1. The first-order valence-electron chi connectivity index (χ1n) is 7.20. The lowest BCUT2D eigenvalue weighted by Gasteiger charge is -2.14. The van der Waals surface area contributed by atoms with Crippen LogP contribution in [0.2, 0.25) is 0 Å². The largest absolute Gasteiger partial charge is 0.493 e. The third-order valence-electron chi connectivity index (χ3n) is 3.28. The van der Waals surface area contributed by atoms with Crippen molar-refractivity contribution in [3.05, 3.63) is 51.5 Å². The van der Waals surface area contributed by atoms with Gasteiger partial charge in [0.25, 0.3) is 0 Å². The molecule has 0 N–H and O–H groups in total. The van der Waals surface area contributed by atoms with Crippen molar-refractivity contribution in [2.24, 2.45) is 0 Å². The van der Waals surface area contributed by atoms with E-state index in [2.05, 4.69) is 22.0 Å². The molecule has 2 rings (SSSR count). The first-order valence-corrected chi connectivity index (χ1v) is 8.00. The standard InChI is InChI=1S/C18H19BrO4/c1-12-8-13(2)18(15(19)9-12)23-7-6-22-16-5-4-14(11-20)10-17(16)21-3/h4-5,8-11H,6-7H2,1-3H3. The lowest BCUT2D eigenvalue weighted by molar-refractivity contribution is 0.112. The molecule has 0 heterocycles. The van der Waals surface area contributed by atoms with E-state index in [1.54, 1.807) is 25.3 Å². The molecule has 0 bridgehead atoms. The third-order valence-corrected chi connectivity index (χ3v) is 3.87. The molecule has 0 fully saturated rings. The van der Waals surface area contributed by atoms with Gasteiger partial charge in [0.1, 0.15) is 25.2 Å². The highest BCUT2D eigenvalue weighted by atomic mass is 79.9. The highest BCUT2D eigenvalue weighted by Crippen LogP contribution is 2.30. The van der Waals surface area contributed by atoms with Crippen molar-refractivity contribution in [2.45, 2.75) is 13.8 Å². The van der Waals surface area contributed by atoms with E-state index in [0.29, 0.717) is 30.3 Å². The molecule has 2 aromatic rings. The summed E-state index contributed by atoms with van der Waals surface area (Å²) in [5, 5.41) is 0. The first-order chi connectivity index (χ1) is 11.0. The molecule has 0 radical (unpaired) electrons. The lowest BCUT2D eigenvalue weighted by Crippen LogP contribution is -2.10. The average molecular weight is 379 g/mol. The molecule has 0 amide bonds. The number of benzene rings is 2. The van der Waals surface area contributed by atoms with E-state index in [-0.39, 0.29) is 0 Å². The Labute approximate surface area is 144 Å². The summed E-state index contributed by atoms with van der Waals surface area (Å²) in [5.41, 5.74) is 2.80. The molecule has 0 saturated heterocycles. The normalized spacial score (nSPS) is 10.3. The molecule has 2 aromatic carbocycles. The van der Waals surface area contributed by atoms with Gasteiger partial charge in [0.2, 0.25) is 0 Å². The molecule has 122 valence electrons. The minimum Gasteiger partial charge on any atom is -0.493 e. The quantitative estimate of drug-likeness (QED) is 0.530. The van der Waals surface area contributed by atoms with Crippen molar-refractivity contribution in [3.63, 3.8) is 0 Å². The zero-order chi connectivity index (χ0) is 16.8. The number of rotatable bonds is 7. The van der Waals surface area contributed by atoms with Crippen LogP contribution in [0.5, 0.6) is 17.2 Å². The fourth-order valence-corrected chi connectivity index (χ4v) is 3.05. The van der Waals surface area contributed by atoms with Gasteiger partial charge in [-0.25, -0.2) is 0 Å². The summed E-state index contributed by atoms with van der Waals surface area (Å²) in [5.74, 6) is 1.94. The van der Waals surface area contributed by atoms with Crippen molar-refractivity contribution in [2.75, 3.05) is 20.3 Å². The zero-order valence-corrected chi connectivity index (χ0v) is 15.0. The van der Waals surface area contributed by atoms with Crippen molar-refractivity contribution >= 4 is 22.2 Å². The fraction of sp³-hybridized carbons (Fsp3) is 0.278. The maximum Gasteiger partial charge on any atom is 0.161 e. The smallest absolute Gasteiger partial charge is 0.161 e. The summed E-state index contributed by atoms with van der Waals surface area (Å²) in [7, 11) is 1.54. The first kappa shape index (κ1) is 17.3. The Bertz CT molecular complexity index is 674. The van der Waals surface area contributed by atoms with E-state index in [4.69, 9.17) is 14.2 Å². The number of hydrogen-bond donors (Lipinski definition) is 0. The molecule has 0 aliphatic carbocycles. The third kappa shape index (κ3) is 4.48. The number of ether oxygens (including phenoxy) is 3. The van der Waals surface area contributed by atoms with Gasteiger partial charge < -0.3 is 14.2 Å². The second-order valence-electron chi connectivity index (χ2n) is 5.12. The number of aryl methyl sites for hydroxylation is 2. The van der Waals surface area contributed by atoms with Crippen LogP contribution >= 0.6 is 15.9 Å². The van der Waals surface area contributed by atoms with E-state index in [1.165, 1.54) is 5.56 Å². The second kappa shape index (κ2) is 8.02. The number of aldehydes is 1. The summed E-state index contributed by atoms with van der Waals surface area (Å²) >= 11 is 3.51. The minimum absolute atomic E-state index is 0.372. The van der Waals surface area contributed by atoms with Crippen LogP contribution in [0.3, 0.4) is 0 Å². The van der Waals surface area contributed by atoms with Crippen LogP contribution in [0, 0.1) is 13.8 Å². The molecule has 0 spiro atoms. The summed E-state index contributed by atoms with van der Waals surface area (Å²) < 4.78 is 17.6. The molecular weight excluding hydrogens is 360 g/mol. The van der Waals surface area contributed by atoms with Crippen molar-refractivity contribution in [3.8, 4) is 17.2 Å². The van der Waals surface area contributed by atoms with E-state index in [1.807, 2.05) is 19.9 Å². The van der Waals surface area contributed by atoms with Crippen LogP contribution < -0.4 is 14.2 Å². The predicted molar refractivity (Wildman–Crippen MR) is 93.0 cm³/mol. The number of carbonyl (C=O) groups excluding carboxylic acids is 1. The summed E-state index contributed by atoms with van der Waals surface area (Å²) in [4.78, 5) is 10.8. The van der Waals surface area contributed by atoms with Gasteiger partial charge in [0, 0.05) is 5.56 Å². The molecule has 0 saturated carbocycles. The lowest BCUT2D eigenvalue weighted by atomic mass is 10.1. The molecule has 0 aliphatic heterocycles. The molecule has 0 atom stereocenters. The maximum absolute atomic E-state index is 10.8. The number of carbonyl (C=O) groups is 1. The van der Waals surface area contributed by atoms with Gasteiger partial charge in [-0.2, -0.15) is 0 Å². The van der Waals surface area contributed by atoms with Gasteiger partial charge in [-0.05, 0) is 65.2 Å². The van der Waals surface area contributed by atoms with E-state index in [9.17, 15) is 4.79 Å². The molecule has 0 aliphatic rings. The Morgan fingerprint density at radius 2 is 1.78 bits per heavy atom. The van der Waals surface area contributed by atoms with Crippen LogP contribution in [0.4, 0.5) is 0 Å². The van der Waals surface area contributed by atoms with Gasteiger partial charge >= 0.3 is 0 Å². The van der Waals surface area contributed by atoms with Crippen LogP contribution in [0.15, 0.2) is 34.8 Å². The SMILES string of the molecule is COc1cc(C=O)ccc1OCCOc1c(C)cc(C)cc1Br. The fourth-order valence-electron chi connectivity index (χ4n) is 2.26. The van der Waals surface area contributed by atoms with Crippen LogP contribution in [-0.4, -0.2) is 26.6 Å². The Morgan fingerprint density at radius 3 is 2.43 bits per heavy atom. The van der Waals surface area contributed by atoms with Crippen LogP contribution in [0.25, 0.3) is 0 Å². The molecule has 23 heavy (non-hydrogen) atoms. The molecule has 0 aromatic heterocycles. The van der Waals surface area contributed by atoms with Crippen LogP contribution in [0.1, 0.15) is 21.5 Å². The van der Waals surface area contributed by atoms with E-state index in [0.717, 1.165) is 22.1 Å². The van der Waals surface area contributed by atoms with Gasteiger partial charge in [0.15, 0.2) is 11.5 Å². The highest BCUT2D eigenvalue weighted by molar-refractivity contribution is 9.10. The Hall–Kier alpha value is -2.01. The van der Waals surface area contributed by atoms with Crippen LogP contribution in [-0.2, 0) is 0 Å². The summed E-state index contributed by atoms with van der Waals surface area (Å²) in [6, 6.07) is 9.14. The monoisotopic (exact) mass is 378 g/mol. The van der Waals surface area contributed by atoms with Crippen molar-refractivity contribution < 1.29 is 19.0 Å². The van der Waals surface area contributed by atoms with Crippen molar-refractivity contribution in [1.82, 2.24) is 0 Å². The number of methoxy groups -OCH3 is 1. The average Bonchev–Trinajstić information content (AvgIpc) is 2.53. The van der Waals surface area contributed by atoms with Gasteiger partial charge in [0.05, 0.1) is 11.6 Å². The topological polar surface area (TPSA) is 44.8 Å². The van der Waals surface area contributed by atoms with E-state index >= 15 is 0 Å². The highest BCUT2D eigenvalue weighted by Gasteiger charge is 2.08. The van der Waals surface area contributed by atoms with Crippen molar-refractivity contribution in [1.29, 1.82) is 0 Å². The van der Waals surface area contributed by atoms with E-state index < -0.39 is 0 Å². The zero-order valence-electron chi connectivity index (χ0n) is 13.4. The second-order valence-corrected chi connectivity index (χ2v) is 5.97. The Morgan fingerprint density at radius 1 is 1.04 bits per heavy atom. The Balaban J connectivity index is 1.95. The molecule has 4 nitrogen and oxygen atoms in total. The minimum atomic E-state index is 0.372. The van der Waals surface area contributed by atoms with Gasteiger partial charge in [-0.15, -0.1) is 0 Å². The summed E-state index contributed by atoms with van der Waals surface area (Å²) in [6.45, 7) is 4.83. The molecule has 5 heteroatoms.